The molecule has 0 radical (unpaired) electrons. The summed E-state index contributed by atoms with van der Waals surface area (Å²) in [5.41, 5.74) is 2.98. The highest BCUT2D eigenvalue weighted by Gasteiger charge is 2.09. The third-order valence-corrected chi connectivity index (χ3v) is 2.78. The van der Waals surface area contributed by atoms with Gasteiger partial charge in [-0.1, -0.05) is 0 Å². The molecule has 1 N–H and O–H groups in total. The summed E-state index contributed by atoms with van der Waals surface area (Å²) in [6.07, 6.45) is 2.15. The first-order valence-corrected chi connectivity index (χ1v) is 5.86. The number of hydrogen-bond donors (Lipinski definition) is 1. The van der Waals surface area contributed by atoms with Gasteiger partial charge in [0.1, 0.15) is 5.75 Å². The zero-order valence-corrected chi connectivity index (χ0v) is 11.4. The molecule has 0 atom stereocenters. The molecule has 100 valence electrons. The van der Waals surface area contributed by atoms with Gasteiger partial charge in [0.2, 0.25) is 0 Å². The van der Waals surface area contributed by atoms with Crippen molar-refractivity contribution in [3.63, 3.8) is 0 Å². The fourth-order valence-corrected chi connectivity index (χ4v) is 1.75. The first-order valence-electron chi connectivity index (χ1n) is 5.86. The smallest absolute Gasteiger partial charge is 0.306 e. The van der Waals surface area contributed by atoms with E-state index in [1.807, 2.05) is 13.8 Å². The van der Waals surface area contributed by atoms with Crippen LogP contribution in [0, 0.1) is 13.8 Å². The average Bonchev–Trinajstić information content (AvgIpc) is 2.37. The Bertz CT molecular complexity index is 419. The molecule has 0 aliphatic carbocycles. The Hall–Kier alpha value is -1.62. The van der Waals surface area contributed by atoms with Crippen molar-refractivity contribution in [2.75, 3.05) is 20.8 Å². The Morgan fingerprint density at radius 2 is 2.11 bits per heavy atom. The third-order valence-electron chi connectivity index (χ3n) is 2.78. The Morgan fingerprint density at radius 1 is 1.39 bits per heavy atom. The zero-order chi connectivity index (χ0) is 13.5. The van der Waals surface area contributed by atoms with Crippen molar-refractivity contribution in [3.8, 4) is 5.75 Å². The van der Waals surface area contributed by atoms with Crippen LogP contribution in [0.2, 0.25) is 0 Å². The summed E-state index contributed by atoms with van der Waals surface area (Å²) in [7, 11) is 3.04. The SMILES string of the molecule is COC(=O)CCNCc1ncc(C)c(OC)c1C. The maximum atomic E-state index is 10.9. The van der Waals surface area contributed by atoms with Crippen molar-refractivity contribution in [1.29, 1.82) is 0 Å². The number of nitrogens with one attached hydrogen (secondary N) is 1. The predicted molar refractivity (Wildman–Crippen MR) is 68.6 cm³/mol. The summed E-state index contributed by atoms with van der Waals surface area (Å²) >= 11 is 0. The Labute approximate surface area is 108 Å². The third kappa shape index (κ3) is 3.70. The molecule has 1 aromatic heterocycles. The highest BCUT2D eigenvalue weighted by atomic mass is 16.5. The van der Waals surface area contributed by atoms with Crippen LogP contribution < -0.4 is 10.1 Å². The lowest BCUT2D eigenvalue weighted by atomic mass is 10.1. The number of carbonyl (C=O) groups is 1. The van der Waals surface area contributed by atoms with E-state index >= 15 is 0 Å². The van der Waals surface area contributed by atoms with Crippen LogP contribution in [-0.2, 0) is 16.1 Å². The average molecular weight is 252 g/mol. The van der Waals surface area contributed by atoms with Crippen molar-refractivity contribution >= 4 is 5.97 Å². The first-order chi connectivity index (χ1) is 8.60. The molecule has 0 aliphatic rings. The van der Waals surface area contributed by atoms with Crippen molar-refractivity contribution in [1.82, 2.24) is 10.3 Å². The van der Waals surface area contributed by atoms with E-state index in [1.165, 1.54) is 7.11 Å². The van der Waals surface area contributed by atoms with E-state index in [-0.39, 0.29) is 5.97 Å². The molecule has 0 unspecified atom stereocenters. The fraction of sp³-hybridized carbons (Fsp3) is 0.538. The first kappa shape index (κ1) is 14.4. The molecule has 0 spiro atoms. The molecule has 5 nitrogen and oxygen atoms in total. The highest BCUT2D eigenvalue weighted by Crippen LogP contribution is 2.23. The molecular formula is C13H20N2O3. The maximum absolute atomic E-state index is 10.9. The summed E-state index contributed by atoms with van der Waals surface area (Å²) in [4.78, 5) is 15.3. The molecule has 0 saturated carbocycles. The molecule has 1 rings (SSSR count). The molecule has 0 amide bonds. The number of ether oxygens (including phenoxy) is 2. The fourth-order valence-electron chi connectivity index (χ4n) is 1.75. The van der Waals surface area contributed by atoms with Gasteiger partial charge in [0.25, 0.3) is 0 Å². The van der Waals surface area contributed by atoms with Gasteiger partial charge >= 0.3 is 5.97 Å². The van der Waals surface area contributed by atoms with E-state index < -0.39 is 0 Å². The van der Waals surface area contributed by atoms with E-state index in [9.17, 15) is 4.79 Å². The Morgan fingerprint density at radius 3 is 2.72 bits per heavy atom. The van der Waals surface area contributed by atoms with Crippen LogP contribution in [0.5, 0.6) is 5.75 Å². The Balaban J connectivity index is 2.55. The molecule has 0 fully saturated rings. The van der Waals surface area contributed by atoms with Crippen LogP contribution in [0.1, 0.15) is 23.2 Å². The molecule has 1 aromatic rings. The molecule has 1 heterocycles. The number of hydrogen-bond acceptors (Lipinski definition) is 5. The lowest BCUT2D eigenvalue weighted by Crippen LogP contribution is -2.19. The second kappa shape index (κ2) is 6.96. The van der Waals surface area contributed by atoms with Gasteiger partial charge in [-0.25, -0.2) is 0 Å². The molecule has 0 bridgehead atoms. The van der Waals surface area contributed by atoms with Gasteiger partial charge in [0.15, 0.2) is 0 Å². The molecule has 0 aromatic carbocycles. The lowest BCUT2D eigenvalue weighted by Gasteiger charge is -2.12. The van der Waals surface area contributed by atoms with Crippen molar-refractivity contribution in [2.45, 2.75) is 26.8 Å². The lowest BCUT2D eigenvalue weighted by molar-refractivity contribution is -0.140. The van der Waals surface area contributed by atoms with Crippen LogP contribution >= 0.6 is 0 Å². The molecule has 18 heavy (non-hydrogen) atoms. The summed E-state index contributed by atoms with van der Waals surface area (Å²) < 4.78 is 9.90. The van der Waals surface area contributed by atoms with Crippen LogP contribution in [0.15, 0.2) is 6.20 Å². The van der Waals surface area contributed by atoms with Gasteiger partial charge in [-0.3, -0.25) is 9.78 Å². The van der Waals surface area contributed by atoms with E-state index in [4.69, 9.17) is 4.74 Å². The summed E-state index contributed by atoms with van der Waals surface area (Å²) in [5.74, 6) is 0.656. The number of pyridine rings is 1. The largest absolute Gasteiger partial charge is 0.496 e. The zero-order valence-electron chi connectivity index (χ0n) is 11.4. The number of rotatable bonds is 6. The highest BCUT2D eigenvalue weighted by molar-refractivity contribution is 5.69. The summed E-state index contributed by atoms with van der Waals surface area (Å²) in [5, 5.41) is 3.16. The van der Waals surface area contributed by atoms with Crippen LogP contribution in [0.25, 0.3) is 0 Å². The van der Waals surface area contributed by atoms with Gasteiger partial charge in [0.05, 0.1) is 26.3 Å². The molecule has 0 saturated heterocycles. The van der Waals surface area contributed by atoms with Crippen LogP contribution in [-0.4, -0.2) is 31.7 Å². The number of carbonyl (C=O) groups excluding carboxylic acids is 1. The normalized spacial score (nSPS) is 10.2. The van der Waals surface area contributed by atoms with E-state index in [2.05, 4.69) is 15.0 Å². The predicted octanol–water partition coefficient (Wildman–Crippen LogP) is 1.36. The minimum Gasteiger partial charge on any atom is -0.496 e. The van der Waals surface area contributed by atoms with Crippen molar-refractivity contribution in [2.24, 2.45) is 0 Å². The number of methoxy groups -OCH3 is 2. The summed E-state index contributed by atoms with van der Waals surface area (Å²) in [6.45, 7) is 5.13. The van der Waals surface area contributed by atoms with Gasteiger partial charge in [0, 0.05) is 30.4 Å². The van der Waals surface area contributed by atoms with E-state index in [0.717, 1.165) is 22.6 Å². The second-order valence-electron chi connectivity index (χ2n) is 4.05. The number of nitrogens with zero attached hydrogens (tertiary/aromatic N) is 1. The van der Waals surface area contributed by atoms with Gasteiger partial charge in [-0.05, 0) is 13.8 Å². The maximum Gasteiger partial charge on any atom is 0.306 e. The van der Waals surface area contributed by atoms with E-state index in [1.54, 1.807) is 13.3 Å². The van der Waals surface area contributed by atoms with Crippen molar-refractivity contribution in [3.05, 3.63) is 23.0 Å². The number of aromatic nitrogens is 1. The van der Waals surface area contributed by atoms with Gasteiger partial charge in [-0.15, -0.1) is 0 Å². The topological polar surface area (TPSA) is 60.5 Å². The molecular weight excluding hydrogens is 232 g/mol. The minimum atomic E-state index is -0.214. The second-order valence-corrected chi connectivity index (χ2v) is 4.05. The summed E-state index contributed by atoms with van der Waals surface area (Å²) in [6, 6.07) is 0. The van der Waals surface area contributed by atoms with Crippen LogP contribution in [0.3, 0.4) is 0 Å². The number of esters is 1. The quantitative estimate of drug-likeness (QED) is 0.612. The number of aryl methyl sites for hydroxylation is 1. The minimum absolute atomic E-state index is 0.214. The Kier molecular flexibility index (Phi) is 5.58. The molecule has 0 aliphatic heterocycles. The van der Waals surface area contributed by atoms with E-state index in [0.29, 0.717) is 19.5 Å². The standard InChI is InChI=1S/C13H20N2O3/c1-9-7-15-11(10(2)13(9)18-4)8-14-6-5-12(16)17-3/h7,14H,5-6,8H2,1-4H3. The van der Waals surface area contributed by atoms with Crippen LogP contribution in [0.4, 0.5) is 0 Å². The van der Waals surface area contributed by atoms with Crippen molar-refractivity contribution < 1.29 is 14.3 Å². The monoisotopic (exact) mass is 252 g/mol. The molecule has 5 heteroatoms. The van der Waals surface area contributed by atoms with Gasteiger partial charge < -0.3 is 14.8 Å². The van der Waals surface area contributed by atoms with Gasteiger partial charge in [-0.2, -0.15) is 0 Å².